The van der Waals surface area contributed by atoms with E-state index in [1.165, 1.54) is 32.1 Å². The van der Waals surface area contributed by atoms with Gasteiger partial charge in [-0.3, -0.25) is 0 Å². The first-order valence-corrected chi connectivity index (χ1v) is 4.81. The van der Waals surface area contributed by atoms with Gasteiger partial charge in [0.05, 0.1) is 0 Å². The van der Waals surface area contributed by atoms with Crippen LogP contribution in [-0.4, -0.2) is 5.75 Å². The molecule has 60 valence electrons. The molecule has 0 bridgehead atoms. The van der Waals surface area contributed by atoms with Gasteiger partial charge in [-0.25, -0.2) is 0 Å². The number of hydrogen-bond donors (Lipinski definition) is 1. The summed E-state index contributed by atoms with van der Waals surface area (Å²) in [4.78, 5) is 0. The maximum absolute atomic E-state index is 4.08. The molecule has 0 aliphatic rings. The second-order valence-corrected chi connectivity index (χ2v) is 2.87. The molecule has 0 saturated carbocycles. The lowest BCUT2D eigenvalue weighted by Gasteiger charge is -1.92. The van der Waals surface area contributed by atoms with E-state index in [0.29, 0.717) is 0 Å². The predicted octanol–water partition coefficient (Wildman–Crippen LogP) is 3.44. The van der Waals surface area contributed by atoms with Crippen molar-refractivity contribution in [3.8, 4) is 0 Å². The van der Waals surface area contributed by atoms with Crippen molar-refractivity contribution in [1.29, 1.82) is 0 Å². The molecule has 0 fully saturated rings. The van der Waals surface area contributed by atoms with Crippen LogP contribution < -0.4 is 0 Å². The molecule has 0 aromatic rings. The molecular formula is C9H18S. The Kier molecular flexibility index (Phi) is 9.17. The topological polar surface area (TPSA) is 0 Å². The average molecular weight is 158 g/mol. The number of rotatable bonds is 6. The molecule has 0 N–H and O–H groups in total. The van der Waals surface area contributed by atoms with E-state index in [1.54, 1.807) is 0 Å². The van der Waals surface area contributed by atoms with Gasteiger partial charge in [0.1, 0.15) is 0 Å². The Morgan fingerprint density at radius 2 is 1.90 bits per heavy atom. The molecule has 0 aliphatic heterocycles. The molecule has 0 amide bonds. The van der Waals surface area contributed by atoms with Crippen LogP contribution in [0.1, 0.15) is 39.0 Å². The summed E-state index contributed by atoms with van der Waals surface area (Å²) in [7, 11) is 0. The van der Waals surface area contributed by atoms with Crippen LogP contribution in [0.25, 0.3) is 0 Å². The molecular weight excluding hydrogens is 140 g/mol. The van der Waals surface area contributed by atoms with Gasteiger partial charge in [-0.15, -0.1) is 0 Å². The summed E-state index contributed by atoms with van der Waals surface area (Å²) in [5.41, 5.74) is 0. The van der Waals surface area contributed by atoms with E-state index in [9.17, 15) is 0 Å². The van der Waals surface area contributed by atoms with Gasteiger partial charge in [0.15, 0.2) is 0 Å². The molecule has 0 saturated heterocycles. The minimum Gasteiger partial charge on any atom is -0.175 e. The van der Waals surface area contributed by atoms with Gasteiger partial charge in [0.2, 0.25) is 0 Å². The monoisotopic (exact) mass is 158 g/mol. The van der Waals surface area contributed by atoms with Gasteiger partial charge < -0.3 is 0 Å². The summed E-state index contributed by atoms with van der Waals surface area (Å²) in [5.74, 6) is 0.883. The quantitative estimate of drug-likeness (QED) is 0.342. The van der Waals surface area contributed by atoms with Gasteiger partial charge in [0, 0.05) is 5.75 Å². The number of allylic oxidation sites excluding steroid dienone is 1. The van der Waals surface area contributed by atoms with Crippen LogP contribution in [0.2, 0.25) is 0 Å². The molecule has 0 atom stereocenters. The maximum Gasteiger partial charge on any atom is 0.00825 e. The van der Waals surface area contributed by atoms with Crippen LogP contribution in [0.4, 0.5) is 0 Å². The Morgan fingerprint density at radius 3 is 2.50 bits per heavy atom. The fraction of sp³-hybridized carbons (Fsp3) is 0.778. The fourth-order valence-electron chi connectivity index (χ4n) is 0.881. The van der Waals surface area contributed by atoms with Crippen molar-refractivity contribution in [2.45, 2.75) is 39.0 Å². The van der Waals surface area contributed by atoms with Gasteiger partial charge in [-0.2, -0.15) is 12.6 Å². The highest BCUT2D eigenvalue weighted by atomic mass is 32.1. The summed E-state index contributed by atoms with van der Waals surface area (Å²) in [5, 5.41) is 0. The highest BCUT2D eigenvalue weighted by Gasteiger charge is 1.82. The first-order valence-electron chi connectivity index (χ1n) is 4.17. The maximum atomic E-state index is 4.08. The number of hydrogen-bond acceptors (Lipinski definition) is 1. The van der Waals surface area contributed by atoms with Gasteiger partial charge in [-0.05, 0) is 12.8 Å². The first kappa shape index (κ1) is 10.1. The van der Waals surface area contributed by atoms with E-state index in [1.807, 2.05) is 0 Å². The highest BCUT2D eigenvalue weighted by molar-refractivity contribution is 7.80. The molecule has 0 heterocycles. The van der Waals surface area contributed by atoms with Gasteiger partial charge in [0.25, 0.3) is 0 Å². The molecule has 0 aromatic carbocycles. The largest absolute Gasteiger partial charge is 0.175 e. The Morgan fingerprint density at radius 1 is 1.10 bits per heavy atom. The molecule has 0 spiro atoms. The summed E-state index contributed by atoms with van der Waals surface area (Å²) in [6.45, 7) is 2.24. The zero-order valence-corrected chi connectivity index (χ0v) is 7.74. The molecule has 0 rings (SSSR count). The van der Waals surface area contributed by atoms with Crippen LogP contribution in [0.3, 0.4) is 0 Å². The Hall–Kier alpha value is 0.0900. The van der Waals surface area contributed by atoms with Crippen LogP contribution in [0.15, 0.2) is 12.2 Å². The lowest BCUT2D eigenvalue weighted by molar-refractivity contribution is 0.674. The molecule has 10 heavy (non-hydrogen) atoms. The molecule has 0 aromatic heterocycles. The van der Waals surface area contributed by atoms with Gasteiger partial charge >= 0.3 is 0 Å². The SMILES string of the molecule is CCCCCC/C=C/CS. The summed E-state index contributed by atoms with van der Waals surface area (Å²) >= 11 is 4.08. The fourth-order valence-corrected chi connectivity index (χ4v) is 1.03. The van der Waals surface area contributed by atoms with E-state index in [0.717, 1.165) is 5.75 Å². The third kappa shape index (κ3) is 8.09. The lowest BCUT2D eigenvalue weighted by Crippen LogP contribution is -1.73. The van der Waals surface area contributed by atoms with E-state index >= 15 is 0 Å². The minimum absolute atomic E-state index is 0.883. The average Bonchev–Trinajstić information content (AvgIpc) is 1.97. The molecule has 0 aliphatic carbocycles. The third-order valence-corrected chi connectivity index (χ3v) is 1.71. The summed E-state index contributed by atoms with van der Waals surface area (Å²) < 4.78 is 0. The second-order valence-electron chi connectivity index (χ2n) is 2.50. The van der Waals surface area contributed by atoms with Crippen molar-refractivity contribution in [2.75, 3.05) is 5.75 Å². The Labute approximate surface area is 70.1 Å². The van der Waals surface area contributed by atoms with Crippen LogP contribution in [0, 0.1) is 0 Å². The second kappa shape index (κ2) is 9.09. The molecule has 0 radical (unpaired) electrons. The van der Waals surface area contributed by atoms with E-state index in [4.69, 9.17) is 0 Å². The van der Waals surface area contributed by atoms with E-state index in [2.05, 4.69) is 31.7 Å². The van der Waals surface area contributed by atoms with Crippen LogP contribution in [0.5, 0.6) is 0 Å². The highest BCUT2D eigenvalue weighted by Crippen LogP contribution is 2.02. The zero-order chi connectivity index (χ0) is 7.66. The third-order valence-electron chi connectivity index (χ3n) is 1.50. The van der Waals surface area contributed by atoms with Crippen LogP contribution >= 0.6 is 12.6 Å². The molecule has 1 heteroatoms. The van der Waals surface area contributed by atoms with Crippen molar-refractivity contribution < 1.29 is 0 Å². The standard InChI is InChI=1S/C9H18S/c1-2-3-4-5-6-7-8-9-10/h7-8,10H,2-6,9H2,1H3/b8-7+. The Balaban J connectivity index is 2.83. The van der Waals surface area contributed by atoms with Crippen molar-refractivity contribution in [3.05, 3.63) is 12.2 Å². The van der Waals surface area contributed by atoms with Crippen molar-refractivity contribution in [1.82, 2.24) is 0 Å². The normalized spacial score (nSPS) is 11.0. The van der Waals surface area contributed by atoms with E-state index < -0.39 is 0 Å². The molecule has 0 nitrogen and oxygen atoms in total. The Bertz CT molecular complexity index is 76.8. The number of unbranched alkanes of at least 4 members (excludes halogenated alkanes) is 4. The van der Waals surface area contributed by atoms with Crippen molar-refractivity contribution in [3.63, 3.8) is 0 Å². The van der Waals surface area contributed by atoms with E-state index in [-0.39, 0.29) is 0 Å². The molecule has 0 unspecified atom stereocenters. The van der Waals surface area contributed by atoms with Crippen LogP contribution in [-0.2, 0) is 0 Å². The summed E-state index contributed by atoms with van der Waals surface area (Å²) in [6.07, 6.45) is 11.0. The van der Waals surface area contributed by atoms with Crippen molar-refractivity contribution in [2.24, 2.45) is 0 Å². The van der Waals surface area contributed by atoms with Gasteiger partial charge in [-0.1, -0.05) is 38.3 Å². The predicted molar refractivity (Wildman–Crippen MR) is 51.8 cm³/mol. The zero-order valence-electron chi connectivity index (χ0n) is 6.84. The van der Waals surface area contributed by atoms with Crippen molar-refractivity contribution >= 4 is 12.6 Å². The lowest BCUT2D eigenvalue weighted by atomic mass is 10.1. The first-order chi connectivity index (χ1) is 4.91. The number of thiol groups is 1. The summed E-state index contributed by atoms with van der Waals surface area (Å²) in [6, 6.07) is 0. The smallest absolute Gasteiger partial charge is 0.00825 e. The minimum atomic E-state index is 0.883.